The lowest BCUT2D eigenvalue weighted by atomic mass is 10.1. The average molecular weight is 178 g/mol. The van der Waals surface area contributed by atoms with Gasteiger partial charge >= 0.3 is 0 Å². The monoisotopic (exact) mass is 178 g/mol. The van der Waals surface area contributed by atoms with Crippen LogP contribution in [0, 0.1) is 0 Å². The van der Waals surface area contributed by atoms with Gasteiger partial charge in [-0.1, -0.05) is 0 Å². The van der Waals surface area contributed by atoms with Crippen molar-refractivity contribution in [3.8, 4) is 17.2 Å². The number of aromatic hydroxyl groups is 1. The summed E-state index contributed by atoms with van der Waals surface area (Å²) in [5, 5.41) is 9.64. The zero-order chi connectivity index (χ0) is 8.84. The number of hydrogen-bond acceptors (Lipinski definition) is 3. The minimum Gasteiger partial charge on any atom is -0.507 e. The Hall–Kier alpha value is -1.38. The summed E-state index contributed by atoms with van der Waals surface area (Å²) in [5.74, 6) is 1.97. The Morgan fingerprint density at radius 1 is 1.08 bits per heavy atom. The molecule has 13 heavy (non-hydrogen) atoms. The molecule has 3 heteroatoms. The highest BCUT2D eigenvalue weighted by Gasteiger charge is 2.26. The van der Waals surface area contributed by atoms with Crippen LogP contribution in [0.2, 0.25) is 0 Å². The summed E-state index contributed by atoms with van der Waals surface area (Å²) in [4.78, 5) is 0. The van der Waals surface area contributed by atoms with Crippen LogP contribution >= 0.6 is 0 Å². The van der Waals surface area contributed by atoms with Crippen molar-refractivity contribution in [1.82, 2.24) is 0 Å². The lowest BCUT2D eigenvalue weighted by molar-refractivity contribution is 0.353. The van der Waals surface area contributed by atoms with Gasteiger partial charge in [-0.05, 0) is 0 Å². The van der Waals surface area contributed by atoms with E-state index in [1.807, 2.05) is 0 Å². The van der Waals surface area contributed by atoms with Crippen LogP contribution in [0.5, 0.6) is 17.2 Å². The van der Waals surface area contributed by atoms with E-state index in [0.29, 0.717) is 19.0 Å². The molecular weight excluding hydrogens is 168 g/mol. The molecule has 0 radical (unpaired) electrons. The van der Waals surface area contributed by atoms with Gasteiger partial charge in [0, 0.05) is 30.0 Å². The van der Waals surface area contributed by atoms with Crippen molar-refractivity contribution in [1.29, 1.82) is 0 Å². The molecule has 0 aliphatic carbocycles. The molecular formula is C10H10O3. The standard InChI is InChI=1S/C10H10O3/c11-8-5-9-7(2-3-12-9)10-6(8)1-4-13-10/h5,11H,1-4H2. The molecule has 0 fully saturated rings. The SMILES string of the molecule is Oc1cc2c(c3c1CCO3)CCO2. The van der Waals surface area contributed by atoms with Crippen LogP contribution < -0.4 is 9.47 Å². The maximum Gasteiger partial charge on any atom is 0.133 e. The van der Waals surface area contributed by atoms with E-state index in [2.05, 4.69) is 0 Å². The maximum absolute atomic E-state index is 9.64. The van der Waals surface area contributed by atoms with Gasteiger partial charge in [0.2, 0.25) is 0 Å². The summed E-state index contributed by atoms with van der Waals surface area (Å²) < 4.78 is 10.8. The van der Waals surface area contributed by atoms with E-state index >= 15 is 0 Å². The molecule has 68 valence electrons. The van der Waals surface area contributed by atoms with Crippen LogP contribution in [0.1, 0.15) is 11.1 Å². The predicted octanol–water partition coefficient (Wildman–Crippen LogP) is 1.26. The molecule has 0 unspecified atom stereocenters. The zero-order valence-electron chi connectivity index (χ0n) is 7.17. The van der Waals surface area contributed by atoms with Crippen LogP contribution in [0.3, 0.4) is 0 Å². The van der Waals surface area contributed by atoms with Crippen molar-refractivity contribution in [3.05, 3.63) is 17.2 Å². The van der Waals surface area contributed by atoms with Crippen LogP contribution in [-0.2, 0) is 12.8 Å². The summed E-state index contributed by atoms with van der Waals surface area (Å²) in [6.07, 6.45) is 1.71. The summed E-state index contributed by atoms with van der Waals surface area (Å²) >= 11 is 0. The predicted molar refractivity (Wildman–Crippen MR) is 46.5 cm³/mol. The van der Waals surface area contributed by atoms with E-state index in [0.717, 1.165) is 35.5 Å². The first kappa shape index (κ1) is 7.06. The van der Waals surface area contributed by atoms with Crippen molar-refractivity contribution in [2.24, 2.45) is 0 Å². The Bertz CT molecular complexity index is 371. The van der Waals surface area contributed by atoms with Gasteiger partial charge in [0.05, 0.1) is 13.2 Å². The van der Waals surface area contributed by atoms with Gasteiger partial charge in [0.15, 0.2) is 0 Å². The van der Waals surface area contributed by atoms with Crippen molar-refractivity contribution >= 4 is 0 Å². The lowest BCUT2D eigenvalue weighted by Crippen LogP contribution is -1.89. The second kappa shape index (κ2) is 2.31. The number of phenols is 1. The first-order valence-electron chi connectivity index (χ1n) is 4.49. The number of rotatable bonds is 0. The van der Waals surface area contributed by atoms with E-state index in [-0.39, 0.29) is 0 Å². The Labute approximate surface area is 75.9 Å². The molecule has 0 saturated carbocycles. The number of benzene rings is 1. The van der Waals surface area contributed by atoms with Crippen LogP contribution in [0.4, 0.5) is 0 Å². The quantitative estimate of drug-likeness (QED) is 0.650. The molecule has 1 aromatic rings. The van der Waals surface area contributed by atoms with E-state index in [1.165, 1.54) is 0 Å². The van der Waals surface area contributed by atoms with Gasteiger partial charge in [-0.15, -0.1) is 0 Å². The molecule has 0 bridgehead atoms. The van der Waals surface area contributed by atoms with E-state index < -0.39 is 0 Å². The number of fused-ring (bicyclic) bond motifs is 3. The second-order valence-corrected chi connectivity index (χ2v) is 3.38. The number of phenolic OH excluding ortho intramolecular Hbond substituents is 1. The summed E-state index contributed by atoms with van der Waals surface area (Å²) in [5.41, 5.74) is 2.08. The molecule has 0 atom stereocenters. The first-order valence-corrected chi connectivity index (χ1v) is 4.49. The minimum atomic E-state index is 0.313. The molecule has 2 aliphatic rings. The van der Waals surface area contributed by atoms with Gasteiger partial charge in [-0.25, -0.2) is 0 Å². The van der Waals surface area contributed by atoms with Crippen LogP contribution in [0.15, 0.2) is 6.07 Å². The van der Waals surface area contributed by atoms with E-state index in [1.54, 1.807) is 6.07 Å². The maximum atomic E-state index is 9.64. The highest BCUT2D eigenvalue weighted by molar-refractivity contribution is 5.59. The van der Waals surface area contributed by atoms with Gasteiger partial charge in [-0.3, -0.25) is 0 Å². The highest BCUT2D eigenvalue weighted by atomic mass is 16.5. The minimum absolute atomic E-state index is 0.313. The van der Waals surface area contributed by atoms with Crippen molar-refractivity contribution < 1.29 is 14.6 Å². The lowest BCUT2D eigenvalue weighted by Gasteiger charge is -2.06. The van der Waals surface area contributed by atoms with Gasteiger partial charge in [0.25, 0.3) is 0 Å². The summed E-state index contributed by atoms with van der Waals surface area (Å²) in [7, 11) is 0. The largest absolute Gasteiger partial charge is 0.507 e. The van der Waals surface area contributed by atoms with E-state index in [4.69, 9.17) is 9.47 Å². The highest BCUT2D eigenvalue weighted by Crippen LogP contribution is 2.44. The molecule has 1 aromatic carbocycles. The first-order chi connectivity index (χ1) is 6.36. The normalized spacial score (nSPS) is 17.5. The molecule has 2 aliphatic heterocycles. The third-order valence-corrected chi connectivity index (χ3v) is 2.63. The van der Waals surface area contributed by atoms with Crippen molar-refractivity contribution in [2.75, 3.05) is 13.2 Å². The molecule has 0 saturated heterocycles. The number of hydrogen-bond donors (Lipinski definition) is 1. The summed E-state index contributed by atoms with van der Waals surface area (Å²) in [6.45, 7) is 1.38. The van der Waals surface area contributed by atoms with Crippen molar-refractivity contribution in [3.63, 3.8) is 0 Å². The Balaban J connectivity index is 2.28. The van der Waals surface area contributed by atoms with Gasteiger partial charge in [-0.2, -0.15) is 0 Å². The molecule has 2 heterocycles. The molecule has 0 amide bonds. The smallest absolute Gasteiger partial charge is 0.133 e. The Morgan fingerprint density at radius 2 is 1.85 bits per heavy atom. The summed E-state index contributed by atoms with van der Waals surface area (Å²) in [6, 6.07) is 1.70. The Morgan fingerprint density at radius 3 is 2.77 bits per heavy atom. The van der Waals surface area contributed by atoms with Gasteiger partial charge in [0.1, 0.15) is 17.2 Å². The molecule has 0 spiro atoms. The topological polar surface area (TPSA) is 38.7 Å². The molecule has 0 aromatic heterocycles. The third-order valence-electron chi connectivity index (χ3n) is 2.63. The van der Waals surface area contributed by atoms with Crippen LogP contribution in [-0.4, -0.2) is 18.3 Å². The van der Waals surface area contributed by atoms with Crippen molar-refractivity contribution in [2.45, 2.75) is 12.8 Å². The Kier molecular flexibility index (Phi) is 1.26. The average Bonchev–Trinajstić information content (AvgIpc) is 2.66. The molecule has 1 N–H and O–H groups in total. The third kappa shape index (κ3) is 0.842. The fourth-order valence-corrected chi connectivity index (χ4v) is 2.01. The molecule has 3 rings (SSSR count). The fraction of sp³-hybridized carbons (Fsp3) is 0.400. The van der Waals surface area contributed by atoms with Gasteiger partial charge < -0.3 is 14.6 Å². The zero-order valence-corrected chi connectivity index (χ0v) is 7.17. The number of ether oxygens (including phenoxy) is 2. The van der Waals surface area contributed by atoms with Crippen LogP contribution in [0.25, 0.3) is 0 Å². The van der Waals surface area contributed by atoms with E-state index in [9.17, 15) is 5.11 Å². The fourth-order valence-electron chi connectivity index (χ4n) is 2.01. The second-order valence-electron chi connectivity index (χ2n) is 3.38. The molecule has 3 nitrogen and oxygen atoms in total.